The second-order valence-corrected chi connectivity index (χ2v) is 6.85. The number of rotatable bonds is 3. The molecular formula is C19H18O5S. The second kappa shape index (κ2) is 6.90. The largest absolute Gasteiger partial charge is 0.468 e. The number of aliphatic hydroxyl groups is 1. The van der Waals surface area contributed by atoms with Gasteiger partial charge in [-0.3, -0.25) is 9.59 Å². The van der Waals surface area contributed by atoms with Crippen LogP contribution >= 0.6 is 11.8 Å². The molecule has 2 aromatic rings. The van der Waals surface area contributed by atoms with Gasteiger partial charge in [0.2, 0.25) is 5.41 Å². The van der Waals surface area contributed by atoms with Crippen LogP contribution in [0, 0.1) is 5.41 Å². The van der Waals surface area contributed by atoms with Gasteiger partial charge in [0.1, 0.15) is 6.10 Å². The van der Waals surface area contributed by atoms with Gasteiger partial charge in [-0.15, -0.1) is 11.8 Å². The summed E-state index contributed by atoms with van der Waals surface area (Å²) in [5, 5.41) is 10.4. The summed E-state index contributed by atoms with van der Waals surface area (Å²) in [7, 11) is 2.40. The number of benzene rings is 2. The Hall–Kier alpha value is -2.31. The number of thioether (sulfide) groups is 1. The van der Waals surface area contributed by atoms with E-state index in [-0.39, 0.29) is 0 Å². The Balaban J connectivity index is 2.29. The van der Waals surface area contributed by atoms with E-state index in [0.717, 1.165) is 10.5 Å². The molecular weight excluding hydrogens is 340 g/mol. The normalized spacial score (nSPS) is 21.1. The van der Waals surface area contributed by atoms with Crippen molar-refractivity contribution in [3.63, 3.8) is 0 Å². The molecule has 0 saturated carbocycles. The molecule has 6 heteroatoms. The minimum absolute atomic E-state index is 0.510. The van der Waals surface area contributed by atoms with Gasteiger partial charge in [-0.25, -0.2) is 0 Å². The predicted octanol–water partition coefficient (Wildman–Crippen LogP) is 2.90. The van der Waals surface area contributed by atoms with Gasteiger partial charge in [0.15, 0.2) is 0 Å². The van der Waals surface area contributed by atoms with Crippen LogP contribution in [0.15, 0.2) is 59.5 Å². The Morgan fingerprint density at radius 3 is 2.12 bits per heavy atom. The van der Waals surface area contributed by atoms with E-state index in [9.17, 15) is 14.7 Å². The van der Waals surface area contributed by atoms with Crippen LogP contribution in [0.25, 0.3) is 0 Å². The minimum Gasteiger partial charge on any atom is -0.468 e. The zero-order valence-corrected chi connectivity index (χ0v) is 14.7. The molecule has 2 aromatic carbocycles. The zero-order chi connectivity index (χ0) is 18.0. The molecule has 0 aliphatic carbocycles. The summed E-state index contributed by atoms with van der Waals surface area (Å²) in [6, 6.07) is 16.3. The first-order valence-electron chi connectivity index (χ1n) is 7.72. The summed E-state index contributed by atoms with van der Waals surface area (Å²) < 4.78 is 9.88. The summed E-state index contributed by atoms with van der Waals surface area (Å²) >= 11 is 1.35. The van der Waals surface area contributed by atoms with Gasteiger partial charge in [-0.2, -0.15) is 0 Å². The van der Waals surface area contributed by atoms with Gasteiger partial charge in [0, 0.05) is 4.90 Å². The lowest BCUT2D eigenvalue weighted by molar-refractivity contribution is -0.179. The monoisotopic (exact) mass is 358 g/mol. The Morgan fingerprint density at radius 2 is 1.52 bits per heavy atom. The van der Waals surface area contributed by atoms with Crippen LogP contribution in [-0.2, 0) is 19.1 Å². The van der Waals surface area contributed by atoms with Gasteiger partial charge < -0.3 is 14.6 Å². The maximum Gasteiger partial charge on any atom is 0.327 e. The number of fused-ring (bicyclic) bond motifs is 1. The first-order chi connectivity index (χ1) is 12.1. The molecule has 25 heavy (non-hydrogen) atoms. The van der Waals surface area contributed by atoms with E-state index in [2.05, 4.69) is 0 Å². The Morgan fingerprint density at radius 1 is 0.960 bits per heavy atom. The van der Waals surface area contributed by atoms with Crippen molar-refractivity contribution in [2.45, 2.75) is 16.2 Å². The van der Waals surface area contributed by atoms with Crippen LogP contribution in [0.5, 0.6) is 0 Å². The highest BCUT2D eigenvalue weighted by Gasteiger charge is 2.63. The molecule has 0 amide bonds. The molecule has 0 spiro atoms. The molecule has 0 aromatic heterocycles. The van der Waals surface area contributed by atoms with Gasteiger partial charge in [0.05, 0.1) is 19.5 Å². The van der Waals surface area contributed by atoms with Crippen LogP contribution in [0.2, 0.25) is 0 Å². The molecule has 2 atom stereocenters. The first-order valence-corrected chi connectivity index (χ1v) is 8.60. The van der Waals surface area contributed by atoms with Crippen LogP contribution in [-0.4, -0.2) is 31.3 Å². The van der Waals surface area contributed by atoms with E-state index in [1.54, 1.807) is 12.1 Å². The van der Waals surface area contributed by atoms with Crippen LogP contribution in [0.1, 0.15) is 22.5 Å². The first kappa shape index (κ1) is 17.5. The van der Waals surface area contributed by atoms with E-state index >= 15 is 0 Å². The molecule has 0 fully saturated rings. The number of carbonyl (C=O) groups is 2. The molecule has 3 rings (SSSR count). The third-order valence-electron chi connectivity index (χ3n) is 4.45. The third-order valence-corrected chi connectivity index (χ3v) is 5.96. The second-order valence-electron chi connectivity index (χ2n) is 5.70. The fourth-order valence-corrected chi connectivity index (χ4v) is 4.77. The summed E-state index contributed by atoms with van der Waals surface area (Å²) in [6.45, 7) is 0. The molecule has 0 saturated heterocycles. The van der Waals surface area contributed by atoms with E-state index < -0.39 is 28.7 Å². The van der Waals surface area contributed by atoms with Crippen molar-refractivity contribution < 1.29 is 24.2 Å². The van der Waals surface area contributed by atoms with Crippen LogP contribution in [0.4, 0.5) is 0 Å². The molecule has 0 bridgehead atoms. The number of aliphatic hydroxyl groups excluding tert-OH is 1. The molecule has 0 radical (unpaired) electrons. The Kier molecular flexibility index (Phi) is 4.83. The SMILES string of the molecule is COC(=O)C1(C(=O)OC)C(O)c2ccccc2SC1c1ccccc1. The molecule has 1 N–H and O–H groups in total. The number of ether oxygens (including phenoxy) is 2. The van der Waals surface area contributed by atoms with Crippen molar-refractivity contribution in [1.82, 2.24) is 0 Å². The van der Waals surface area contributed by atoms with Crippen LogP contribution < -0.4 is 0 Å². The smallest absolute Gasteiger partial charge is 0.327 e. The summed E-state index contributed by atoms with van der Waals surface area (Å²) in [6.07, 6.45) is -1.38. The van der Waals surface area contributed by atoms with Gasteiger partial charge in [-0.05, 0) is 17.2 Å². The summed E-state index contributed by atoms with van der Waals surface area (Å²) in [4.78, 5) is 26.4. The Bertz CT molecular complexity index is 773. The lowest BCUT2D eigenvalue weighted by atomic mass is 9.73. The van der Waals surface area contributed by atoms with Crippen molar-refractivity contribution in [2.75, 3.05) is 14.2 Å². The van der Waals surface area contributed by atoms with E-state index in [4.69, 9.17) is 9.47 Å². The van der Waals surface area contributed by atoms with Crippen molar-refractivity contribution in [3.05, 3.63) is 65.7 Å². The lowest BCUT2D eigenvalue weighted by Crippen LogP contribution is -2.51. The van der Waals surface area contributed by atoms with Crippen molar-refractivity contribution in [3.8, 4) is 0 Å². The zero-order valence-electron chi connectivity index (χ0n) is 13.8. The highest BCUT2D eigenvalue weighted by Crippen LogP contribution is 2.60. The number of methoxy groups -OCH3 is 2. The topological polar surface area (TPSA) is 72.8 Å². The molecule has 130 valence electrons. The Labute approximate surface area is 150 Å². The lowest BCUT2D eigenvalue weighted by Gasteiger charge is -2.43. The molecule has 1 aliphatic rings. The van der Waals surface area contributed by atoms with Crippen molar-refractivity contribution >= 4 is 23.7 Å². The minimum atomic E-state index is -1.89. The maximum absolute atomic E-state index is 12.8. The van der Waals surface area contributed by atoms with Crippen molar-refractivity contribution in [1.29, 1.82) is 0 Å². The van der Waals surface area contributed by atoms with E-state index in [1.807, 2.05) is 42.5 Å². The van der Waals surface area contributed by atoms with Gasteiger partial charge in [-0.1, -0.05) is 48.5 Å². The summed E-state index contributed by atoms with van der Waals surface area (Å²) in [5.74, 6) is -1.63. The van der Waals surface area contributed by atoms with Crippen molar-refractivity contribution in [2.24, 2.45) is 5.41 Å². The van der Waals surface area contributed by atoms with Crippen LogP contribution in [0.3, 0.4) is 0 Å². The average Bonchev–Trinajstić information content (AvgIpc) is 2.67. The van der Waals surface area contributed by atoms with Gasteiger partial charge in [0.25, 0.3) is 0 Å². The summed E-state index contributed by atoms with van der Waals surface area (Å²) in [5.41, 5.74) is -0.642. The maximum atomic E-state index is 12.8. The quantitative estimate of drug-likeness (QED) is 0.672. The average molecular weight is 358 g/mol. The van der Waals surface area contributed by atoms with E-state index in [0.29, 0.717) is 5.56 Å². The predicted molar refractivity (Wildman–Crippen MR) is 92.9 cm³/mol. The number of hydrogen-bond donors (Lipinski definition) is 1. The highest BCUT2D eigenvalue weighted by atomic mass is 32.2. The molecule has 5 nitrogen and oxygen atoms in total. The van der Waals surface area contributed by atoms with E-state index in [1.165, 1.54) is 26.0 Å². The highest BCUT2D eigenvalue weighted by molar-refractivity contribution is 7.99. The van der Waals surface area contributed by atoms with Gasteiger partial charge >= 0.3 is 11.9 Å². The molecule has 1 heterocycles. The molecule has 2 unspecified atom stereocenters. The number of carbonyl (C=O) groups excluding carboxylic acids is 2. The standard InChI is InChI=1S/C19H18O5S/c1-23-17(21)19(18(22)24-2)15(20)13-10-6-7-11-14(13)25-16(19)12-8-4-3-5-9-12/h3-11,15-16,20H,1-2H3. The number of hydrogen-bond acceptors (Lipinski definition) is 6. The fraction of sp³-hybridized carbons (Fsp3) is 0.263. The fourth-order valence-electron chi connectivity index (χ4n) is 3.24. The molecule has 1 aliphatic heterocycles. The number of esters is 2. The third kappa shape index (κ3) is 2.62.